The molecule has 86 valence electrons. The van der Waals surface area contributed by atoms with Gasteiger partial charge in [-0.3, -0.25) is 4.79 Å². The van der Waals surface area contributed by atoms with E-state index in [0.717, 1.165) is 6.92 Å². The molecule has 0 aromatic rings. The molecule has 0 bridgehead atoms. The van der Waals surface area contributed by atoms with Crippen LogP contribution in [0.25, 0.3) is 0 Å². The third-order valence-corrected chi connectivity index (χ3v) is 1.11. The number of rotatable bonds is 5. The standard InChI is InChI=1S/C7H8F2O6/c1-4(10)13-2-5(15-7(9)12)3-14-6(8)11/h5H,2-3H2,1H3. The van der Waals surface area contributed by atoms with Crippen molar-refractivity contribution in [3.8, 4) is 0 Å². The smallest absolute Gasteiger partial charge is 0.462 e. The van der Waals surface area contributed by atoms with Crippen LogP contribution in [0, 0.1) is 0 Å². The van der Waals surface area contributed by atoms with Gasteiger partial charge in [0.2, 0.25) is 0 Å². The number of halogens is 2. The highest BCUT2D eigenvalue weighted by Gasteiger charge is 2.18. The quantitative estimate of drug-likeness (QED) is 0.397. The summed E-state index contributed by atoms with van der Waals surface area (Å²) >= 11 is 0. The van der Waals surface area contributed by atoms with Gasteiger partial charge < -0.3 is 14.2 Å². The number of ether oxygens (including phenoxy) is 3. The van der Waals surface area contributed by atoms with Crippen molar-refractivity contribution in [2.75, 3.05) is 13.2 Å². The van der Waals surface area contributed by atoms with E-state index in [-0.39, 0.29) is 0 Å². The first-order valence-corrected chi connectivity index (χ1v) is 3.73. The minimum atomic E-state index is -2.15. The first kappa shape index (κ1) is 13.3. The molecule has 0 N–H and O–H groups in total. The summed E-state index contributed by atoms with van der Waals surface area (Å²) in [7, 11) is 0. The zero-order chi connectivity index (χ0) is 11.8. The highest BCUT2D eigenvalue weighted by molar-refractivity contribution is 5.66. The molecule has 1 atom stereocenters. The molecular formula is C7H8F2O6. The first-order chi connectivity index (χ1) is 6.91. The molecule has 0 radical (unpaired) electrons. The molecule has 0 aliphatic heterocycles. The Labute approximate surface area is 83.1 Å². The van der Waals surface area contributed by atoms with Crippen LogP contribution in [0.5, 0.6) is 0 Å². The second-order valence-corrected chi connectivity index (χ2v) is 2.33. The number of carbonyl (C=O) groups excluding carboxylic acids is 3. The molecule has 1 unspecified atom stereocenters. The van der Waals surface area contributed by atoms with Crippen molar-refractivity contribution in [3.63, 3.8) is 0 Å². The maximum Gasteiger partial charge on any atom is 0.495 e. The molecule has 0 rings (SSSR count). The molecule has 0 aliphatic rings. The predicted molar refractivity (Wildman–Crippen MR) is 40.5 cm³/mol. The molecule has 0 amide bonds. The second-order valence-electron chi connectivity index (χ2n) is 2.33. The van der Waals surface area contributed by atoms with Crippen LogP contribution in [0.4, 0.5) is 18.4 Å². The summed E-state index contributed by atoms with van der Waals surface area (Å²) in [5.41, 5.74) is 0. The Kier molecular flexibility index (Phi) is 5.91. The molecule has 6 nitrogen and oxygen atoms in total. The highest BCUT2D eigenvalue weighted by Crippen LogP contribution is 1.99. The fraction of sp³-hybridized carbons (Fsp3) is 0.571. The Morgan fingerprint density at radius 1 is 1.07 bits per heavy atom. The zero-order valence-electron chi connectivity index (χ0n) is 7.70. The normalized spacial score (nSPS) is 11.4. The van der Waals surface area contributed by atoms with E-state index in [1.165, 1.54) is 0 Å². The predicted octanol–water partition coefficient (Wildman–Crippen LogP) is 1.13. The lowest BCUT2D eigenvalue weighted by molar-refractivity contribution is -0.144. The van der Waals surface area contributed by atoms with E-state index in [1.807, 2.05) is 0 Å². The summed E-state index contributed by atoms with van der Waals surface area (Å²) in [6.45, 7) is -0.202. The maximum atomic E-state index is 11.8. The Bertz CT molecular complexity index is 236. The maximum absolute atomic E-state index is 11.8. The van der Waals surface area contributed by atoms with Crippen LogP contribution in [0.15, 0.2) is 0 Å². The summed E-state index contributed by atoms with van der Waals surface area (Å²) in [6, 6.07) is 0. The molecule has 8 heteroatoms. The van der Waals surface area contributed by atoms with E-state index in [2.05, 4.69) is 14.2 Å². The SMILES string of the molecule is CC(=O)OCC(COC(=O)F)OC(=O)F. The lowest BCUT2D eigenvalue weighted by Crippen LogP contribution is -2.28. The Hall–Kier alpha value is -1.73. The lowest BCUT2D eigenvalue weighted by Gasteiger charge is -2.13. The van der Waals surface area contributed by atoms with Crippen LogP contribution in [0.2, 0.25) is 0 Å². The average molecular weight is 226 g/mol. The Morgan fingerprint density at radius 2 is 1.60 bits per heavy atom. The first-order valence-electron chi connectivity index (χ1n) is 3.73. The van der Waals surface area contributed by atoms with Crippen LogP contribution in [-0.4, -0.2) is 37.7 Å². The van der Waals surface area contributed by atoms with Gasteiger partial charge in [-0.1, -0.05) is 0 Å². The van der Waals surface area contributed by atoms with Crippen LogP contribution < -0.4 is 0 Å². The molecule has 0 heterocycles. The number of carbonyl (C=O) groups is 3. The molecule has 0 saturated heterocycles. The number of hydrogen-bond acceptors (Lipinski definition) is 6. The van der Waals surface area contributed by atoms with E-state index in [4.69, 9.17) is 0 Å². The molecule has 0 aliphatic carbocycles. The van der Waals surface area contributed by atoms with Crippen LogP contribution in [-0.2, 0) is 19.0 Å². The van der Waals surface area contributed by atoms with Gasteiger partial charge in [0.15, 0.2) is 6.10 Å². The molecule has 15 heavy (non-hydrogen) atoms. The van der Waals surface area contributed by atoms with Gasteiger partial charge >= 0.3 is 18.4 Å². The highest BCUT2D eigenvalue weighted by atomic mass is 19.2. The Balaban J connectivity index is 3.99. The van der Waals surface area contributed by atoms with Gasteiger partial charge in [0.25, 0.3) is 0 Å². The van der Waals surface area contributed by atoms with Crippen LogP contribution in [0.1, 0.15) is 6.92 Å². The minimum Gasteiger partial charge on any atom is -0.462 e. The van der Waals surface area contributed by atoms with Crippen molar-refractivity contribution >= 4 is 18.4 Å². The number of hydrogen-bond donors (Lipinski definition) is 0. The van der Waals surface area contributed by atoms with E-state index >= 15 is 0 Å². The fourth-order valence-electron chi connectivity index (χ4n) is 0.616. The van der Waals surface area contributed by atoms with Crippen molar-refractivity contribution in [1.29, 1.82) is 0 Å². The van der Waals surface area contributed by atoms with E-state index < -0.39 is 37.7 Å². The monoisotopic (exact) mass is 226 g/mol. The third-order valence-electron chi connectivity index (χ3n) is 1.11. The van der Waals surface area contributed by atoms with Crippen LogP contribution in [0.3, 0.4) is 0 Å². The largest absolute Gasteiger partial charge is 0.495 e. The summed E-state index contributed by atoms with van der Waals surface area (Å²) in [5, 5.41) is 0. The van der Waals surface area contributed by atoms with E-state index in [9.17, 15) is 23.2 Å². The summed E-state index contributed by atoms with van der Waals surface area (Å²) in [4.78, 5) is 30.0. The van der Waals surface area contributed by atoms with E-state index in [0.29, 0.717) is 0 Å². The molecule has 0 aromatic heterocycles. The van der Waals surface area contributed by atoms with Gasteiger partial charge in [0.1, 0.15) is 13.2 Å². The van der Waals surface area contributed by atoms with Gasteiger partial charge in [-0.05, 0) is 0 Å². The fourth-order valence-corrected chi connectivity index (χ4v) is 0.616. The van der Waals surface area contributed by atoms with Crippen molar-refractivity contribution < 1.29 is 37.4 Å². The van der Waals surface area contributed by atoms with Crippen molar-refractivity contribution in [3.05, 3.63) is 0 Å². The molecule has 0 fully saturated rings. The van der Waals surface area contributed by atoms with Gasteiger partial charge in [-0.15, -0.1) is 8.78 Å². The van der Waals surface area contributed by atoms with Gasteiger partial charge in [-0.25, -0.2) is 9.59 Å². The number of esters is 1. The van der Waals surface area contributed by atoms with Gasteiger partial charge in [-0.2, -0.15) is 0 Å². The summed E-state index contributed by atoms with van der Waals surface area (Å²) in [6.07, 6.45) is -5.63. The average Bonchev–Trinajstić information content (AvgIpc) is 2.08. The zero-order valence-corrected chi connectivity index (χ0v) is 7.70. The van der Waals surface area contributed by atoms with Crippen LogP contribution >= 0.6 is 0 Å². The van der Waals surface area contributed by atoms with E-state index in [1.54, 1.807) is 0 Å². The second kappa shape index (κ2) is 6.68. The Morgan fingerprint density at radius 3 is 2.00 bits per heavy atom. The third kappa shape index (κ3) is 8.60. The molecular weight excluding hydrogens is 218 g/mol. The topological polar surface area (TPSA) is 78.9 Å². The van der Waals surface area contributed by atoms with Gasteiger partial charge in [0.05, 0.1) is 0 Å². The molecule has 0 saturated carbocycles. The molecule has 0 aromatic carbocycles. The van der Waals surface area contributed by atoms with Gasteiger partial charge in [0, 0.05) is 6.92 Å². The van der Waals surface area contributed by atoms with Crippen molar-refractivity contribution in [1.82, 2.24) is 0 Å². The van der Waals surface area contributed by atoms with Crippen molar-refractivity contribution in [2.24, 2.45) is 0 Å². The summed E-state index contributed by atoms with van der Waals surface area (Å²) < 4.78 is 35.4. The minimum absolute atomic E-state index is 0.529. The molecule has 0 spiro atoms. The van der Waals surface area contributed by atoms with Crippen molar-refractivity contribution in [2.45, 2.75) is 13.0 Å². The summed E-state index contributed by atoms with van der Waals surface area (Å²) in [5.74, 6) is -0.707. The lowest BCUT2D eigenvalue weighted by atomic mass is 10.4.